The van der Waals surface area contributed by atoms with E-state index in [1.807, 2.05) is 26.0 Å². The lowest BCUT2D eigenvalue weighted by molar-refractivity contribution is 0.0948. The van der Waals surface area contributed by atoms with Gasteiger partial charge in [0.2, 0.25) is 0 Å². The number of nitrogens with one attached hydrogen (secondary N) is 2. The van der Waals surface area contributed by atoms with Crippen LogP contribution in [0.5, 0.6) is 0 Å². The quantitative estimate of drug-likeness (QED) is 0.767. The zero-order valence-electron chi connectivity index (χ0n) is 14.3. The Bertz CT molecular complexity index is 919. The molecule has 0 unspecified atom stereocenters. The summed E-state index contributed by atoms with van der Waals surface area (Å²) in [5.74, 6) is 0.696. The van der Waals surface area contributed by atoms with E-state index in [0.717, 1.165) is 46.7 Å². The molecule has 4 rings (SSSR count). The predicted octanol–water partition coefficient (Wildman–Crippen LogP) is 2.75. The second-order valence-corrected chi connectivity index (χ2v) is 6.39. The first-order valence-corrected chi connectivity index (χ1v) is 8.50. The van der Waals surface area contributed by atoms with Gasteiger partial charge in [-0.2, -0.15) is 5.10 Å². The molecule has 6 nitrogen and oxygen atoms in total. The minimum absolute atomic E-state index is 0.111. The Balaban J connectivity index is 1.48. The minimum Gasteiger partial charge on any atom is -0.361 e. The smallest absolute Gasteiger partial charge is 0.269 e. The number of rotatable bonds is 4. The van der Waals surface area contributed by atoms with E-state index in [0.29, 0.717) is 18.7 Å². The average molecular weight is 336 g/mol. The maximum absolute atomic E-state index is 12.6. The van der Waals surface area contributed by atoms with Crippen molar-refractivity contribution in [3.05, 3.63) is 58.1 Å². The van der Waals surface area contributed by atoms with E-state index in [1.165, 1.54) is 5.56 Å². The molecule has 1 aliphatic carbocycles. The predicted molar refractivity (Wildman–Crippen MR) is 93.4 cm³/mol. The van der Waals surface area contributed by atoms with Gasteiger partial charge in [0.15, 0.2) is 0 Å². The number of aromatic amines is 1. The molecule has 0 bridgehead atoms. The van der Waals surface area contributed by atoms with E-state index in [-0.39, 0.29) is 5.91 Å². The molecule has 6 heteroatoms. The fraction of sp³-hybridized carbons (Fsp3) is 0.316. The monoisotopic (exact) mass is 336 g/mol. The third-order valence-electron chi connectivity index (χ3n) is 4.85. The van der Waals surface area contributed by atoms with Gasteiger partial charge in [0.25, 0.3) is 5.91 Å². The number of hydrogen-bond acceptors (Lipinski definition) is 4. The Hall–Kier alpha value is -2.89. The van der Waals surface area contributed by atoms with Crippen LogP contribution >= 0.6 is 0 Å². The second kappa shape index (κ2) is 6.20. The molecule has 0 saturated heterocycles. The van der Waals surface area contributed by atoms with Crippen molar-refractivity contribution in [2.45, 2.75) is 33.1 Å². The summed E-state index contributed by atoms with van der Waals surface area (Å²) >= 11 is 0. The first-order valence-electron chi connectivity index (χ1n) is 8.50. The van der Waals surface area contributed by atoms with Gasteiger partial charge in [-0.25, -0.2) is 0 Å². The molecule has 128 valence electrons. The Labute approximate surface area is 145 Å². The van der Waals surface area contributed by atoms with E-state index >= 15 is 0 Å². The average Bonchev–Trinajstić information content (AvgIpc) is 3.20. The number of fused-ring (bicyclic) bond motifs is 3. The van der Waals surface area contributed by atoms with E-state index in [1.54, 1.807) is 0 Å². The first kappa shape index (κ1) is 15.6. The van der Waals surface area contributed by atoms with Crippen LogP contribution in [0.1, 0.15) is 38.6 Å². The second-order valence-electron chi connectivity index (χ2n) is 6.39. The summed E-state index contributed by atoms with van der Waals surface area (Å²) in [7, 11) is 0. The highest BCUT2D eigenvalue weighted by atomic mass is 16.5. The van der Waals surface area contributed by atoms with Crippen LogP contribution in [0.15, 0.2) is 28.8 Å². The summed E-state index contributed by atoms with van der Waals surface area (Å²) < 4.78 is 5.15. The maximum atomic E-state index is 12.6. The van der Waals surface area contributed by atoms with Crippen molar-refractivity contribution in [3.8, 4) is 11.3 Å². The Morgan fingerprint density at radius 2 is 2.12 bits per heavy atom. The number of aromatic nitrogens is 3. The summed E-state index contributed by atoms with van der Waals surface area (Å²) in [5, 5.41) is 14.2. The molecule has 2 heterocycles. The van der Waals surface area contributed by atoms with Crippen LogP contribution in [-0.2, 0) is 19.3 Å². The summed E-state index contributed by atoms with van der Waals surface area (Å²) in [5.41, 5.74) is 6.82. The molecule has 2 aromatic heterocycles. The number of carbonyl (C=O) groups excluding carboxylic acids is 1. The standard InChI is InChI=1S/C19H20N4O2/c1-11-14(12(2)25-23-11)9-10-20-19(24)18-16-8-7-13-5-3-4-6-15(13)17(16)21-22-18/h3-6H,7-10H2,1-2H3,(H,20,24)(H,21,22). The van der Waals surface area contributed by atoms with Crippen LogP contribution in [0.3, 0.4) is 0 Å². The summed E-state index contributed by atoms with van der Waals surface area (Å²) in [6, 6.07) is 8.23. The molecule has 0 fully saturated rings. The van der Waals surface area contributed by atoms with Crippen LogP contribution in [0.2, 0.25) is 0 Å². The zero-order valence-corrected chi connectivity index (χ0v) is 14.3. The molecule has 0 atom stereocenters. The normalized spacial score (nSPS) is 12.6. The number of aryl methyl sites for hydroxylation is 3. The summed E-state index contributed by atoms with van der Waals surface area (Å²) in [4.78, 5) is 12.6. The molecule has 0 spiro atoms. The fourth-order valence-corrected chi connectivity index (χ4v) is 3.50. The van der Waals surface area contributed by atoms with Gasteiger partial charge in [-0.1, -0.05) is 29.4 Å². The van der Waals surface area contributed by atoms with E-state index < -0.39 is 0 Å². The highest BCUT2D eigenvalue weighted by Crippen LogP contribution is 2.33. The van der Waals surface area contributed by atoms with Crippen molar-refractivity contribution >= 4 is 5.91 Å². The first-order chi connectivity index (χ1) is 12.1. The van der Waals surface area contributed by atoms with Gasteiger partial charge in [0.1, 0.15) is 11.5 Å². The number of amides is 1. The van der Waals surface area contributed by atoms with Gasteiger partial charge in [-0.3, -0.25) is 9.89 Å². The number of hydrogen-bond donors (Lipinski definition) is 2. The van der Waals surface area contributed by atoms with E-state index in [2.05, 4.69) is 32.8 Å². The molecular formula is C19H20N4O2. The number of benzene rings is 1. The molecule has 0 radical (unpaired) electrons. The number of H-pyrrole nitrogens is 1. The Kier molecular flexibility index (Phi) is 3.87. The van der Waals surface area contributed by atoms with Gasteiger partial charge < -0.3 is 9.84 Å². The SMILES string of the molecule is Cc1noc(C)c1CCNC(=O)c1[nH]nc2c1CCc1ccccc1-2. The van der Waals surface area contributed by atoms with Crippen LogP contribution in [0.25, 0.3) is 11.3 Å². The Morgan fingerprint density at radius 1 is 1.28 bits per heavy atom. The van der Waals surface area contributed by atoms with Crippen LogP contribution in [-0.4, -0.2) is 27.8 Å². The van der Waals surface area contributed by atoms with Crippen molar-refractivity contribution in [2.75, 3.05) is 6.54 Å². The van der Waals surface area contributed by atoms with Crippen molar-refractivity contribution in [1.29, 1.82) is 0 Å². The molecular weight excluding hydrogens is 316 g/mol. The largest absolute Gasteiger partial charge is 0.361 e. The Morgan fingerprint density at radius 3 is 2.92 bits per heavy atom. The van der Waals surface area contributed by atoms with Crippen molar-refractivity contribution < 1.29 is 9.32 Å². The van der Waals surface area contributed by atoms with Crippen molar-refractivity contribution in [1.82, 2.24) is 20.7 Å². The molecule has 1 aromatic carbocycles. The third kappa shape index (κ3) is 2.73. The van der Waals surface area contributed by atoms with Gasteiger partial charge >= 0.3 is 0 Å². The van der Waals surface area contributed by atoms with Crippen LogP contribution < -0.4 is 5.32 Å². The van der Waals surface area contributed by atoms with Crippen molar-refractivity contribution in [2.24, 2.45) is 0 Å². The number of carbonyl (C=O) groups is 1. The third-order valence-corrected chi connectivity index (χ3v) is 4.85. The zero-order chi connectivity index (χ0) is 17.4. The molecule has 0 aliphatic heterocycles. The topological polar surface area (TPSA) is 83.8 Å². The molecule has 0 saturated carbocycles. The lowest BCUT2D eigenvalue weighted by Gasteiger charge is -2.15. The molecule has 3 aromatic rings. The number of nitrogens with zero attached hydrogens (tertiary/aromatic N) is 2. The molecule has 2 N–H and O–H groups in total. The molecule has 1 aliphatic rings. The highest BCUT2D eigenvalue weighted by Gasteiger charge is 2.24. The van der Waals surface area contributed by atoms with Gasteiger partial charge in [-0.05, 0) is 38.7 Å². The molecule has 25 heavy (non-hydrogen) atoms. The fourth-order valence-electron chi connectivity index (χ4n) is 3.50. The maximum Gasteiger partial charge on any atom is 0.269 e. The van der Waals surface area contributed by atoms with Crippen LogP contribution in [0, 0.1) is 13.8 Å². The minimum atomic E-state index is -0.111. The van der Waals surface area contributed by atoms with Gasteiger partial charge in [0, 0.05) is 23.2 Å². The summed E-state index contributed by atoms with van der Waals surface area (Å²) in [6.07, 6.45) is 2.46. The van der Waals surface area contributed by atoms with Gasteiger partial charge in [0.05, 0.1) is 11.4 Å². The summed E-state index contributed by atoms with van der Waals surface area (Å²) in [6.45, 7) is 4.34. The lowest BCUT2D eigenvalue weighted by Crippen LogP contribution is -2.27. The van der Waals surface area contributed by atoms with Gasteiger partial charge in [-0.15, -0.1) is 0 Å². The van der Waals surface area contributed by atoms with E-state index in [9.17, 15) is 4.79 Å². The van der Waals surface area contributed by atoms with E-state index in [4.69, 9.17) is 4.52 Å². The van der Waals surface area contributed by atoms with Crippen molar-refractivity contribution in [3.63, 3.8) is 0 Å². The highest BCUT2D eigenvalue weighted by molar-refractivity contribution is 5.96. The van der Waals surface area contributed by atoms with Crippen LogP contribution in [0.4, 0.5) is 0 Å². The lowest BCUT2D eigenvalue weighted by atomic mass is 9.89. The molecule has 1 amide bonds.